The van der Waals surface area contributed by atoms with E-state index in [2.05, 4.69) is 4.72 Å². The second kappa shape index (κ2) is 7.85. The summed E-state index contributed by atoms with van der Waals surface area (Å²) in [6.07, 6.45) is 3.42. The van der Waals surface area contributed by atoms with Gasteiger partial charge in [0.25, 0.3) is 0 Å². The third kappa shape index (κ3) is 4.26. The lowest BCUT2D eigenvalue weighted by molar-refractivity contribution is 0.208. The van der Waals surface area contributed by atoms with Crippen LogP contribution in [0.1, 0.15) is 28.3 Å². The molecule has 0 bridgehead atoms. The maximum atomic E-state index is 13.1. The molecule has 0 aromatic heterocycles. The zero-order chi connectivity index (χ0) is 20.4. The lowest BCUT2D eigenvalue weighted by Crippen LogP contribution is -2.39. The Labute approximate surface area is 171 Å². The summed E-state index contributed by atoms with van der Waals surface area (Å²) in [5.41, 5.74) is 3.96. The fourth-order valence-corrected chi connectivity index (χ4v) is 4.69. The van der Waals surface area contributed by atoms with E-state index in [1.54, 1.807) is 24.3 Å². The number of rotatable bonds is 5. The molecule has 0 fully saturated rings. The monoisotopic (exact) mass is 405 g/mol. The average Bonchev–Trinajstić information content (AvgIpc) is 2.70. The highest BCUT2D eigenvalue weighted by Gasteiger charge is 2.32. The van der Waals surface area contributed by atoms with Crippen LogP contribution in [0, 0.1) is 13.8 Å². The van der Waals surface area contributed by atoms with Crippen molar-refractivity contribution in [1.29, 1.82) is 0 Å². The van der Waals surface area contributed by atoms with Crippen molar-refractivity contribution >= 4 is 16.1 Å². The van der Waals surface area contributed by atoms with Gasteiger partial charge in [0.05, 0.1) is 10.9 Å². The zero-order valence-corrected chi connectivity index (χ0v) is 17.2. The van der Waals surface area contributed by atoms with Gasteiger partial charge in [-0.3, -0.25) is 0 Å². The van der Waals surface area contributed by atoms with Gasteiger partial charge < -0.3 is 4.74 Å². The molecule has 3 aromatic carbocycles. The Bertz CT molecular complexity index is 1150. The van der Waals surface area contributed by atoms with Crippen LogP contribution in [-0.2, 0) is 10.0 Å². The van der Waals surface area contributed by atoms with E-state index in [-0.39, 0.29) is 4.90 Å². The quantitative estimate of drug-likeness (QED) is 0.664. The summed E-state index contributed by atoms with van der Waals surface area (Å²) in [4.78, 5) is 0.240. The van der Waals surface area contributed by atoms with Gasteiger partial charge in [0.1, 0.15) is 11.9 Å². The first kappa shape index (κ1) is 19.4. The summed E-state index contributed by atoms with van der Waals surface area (Å²) in [6, 6.07) is 21.8. The van der Waals surface area contributed by atoms with Crippen molar-refractivity contribution in [3.63, 3.8) is 0 Å². The van der Waals surface area contributed by atoms with Crippen LogP contribution in [-0.4, -0.2) is 14.5 Å². The average molecular weight is 406 g/mol. The SMILES string of the molecule is Cc1ccc(S(=O)(=O)N[C@@H]2c3ccccc3C=C[C@H]2Oc2cccc(C)c2)cc1. The molecule has 0 saturated carbocycles. The fourth-order valence-electron chi connectivity index (χ4n) is 3.47. The largest absolute Gasteiger partial charge is 0.484 e. The molecule has 2 atom stereocenters. The van der Waals surface area contributed by atoms with Gasteiger partial charge in [-0.05, 0) is 60.9 Å². The second-order valence-electron chi connectivity index (χ2n) is 7.30. The third-order valence-electron chi connectivity index (χ3n) is 5.00. The first-order valence-corrected chi connectivity index (χ1v) is 11.0. The second-order valence-corrected chi connectivity index (χ2v) is 9.01. The molecule has 0 saturated heterocycles. The molecular formula is C24H23NO3S. The molecule has 0 amide bonds. The molecule has 1 aliphatic carbocycles. The van der Waals surface area contributed by atoms with Gasteiger partial charge in [-0.1, -0.05) is 60.2 Å². The van der Waals surface area contributed by atoms with Crippen LogP contribution in [0.3, 0.4) is 0 Å². The highest BCUT2D eigenvalue weighted by molar-refractivity contribution is 7.89. The van der Waals surface area contributed by atoms with Crippen molar-refractivity contribution in [2.24, 2.45) is 0 Å². The molecule has 0 radical (unpaired) electrons. The number of sulfonamides is 1. The number of hydrogen-bond donors (Lipinski definition) is 1. The standard InChI is InChI=1S/C24H23NO3S/c1-17-10-13-21(14-11-17)29(26,27)25-24-22-9-4-3-7-19(22)12-15-23(24)28-20-8-5-6-18(2)16-20/h3-16,23-25H,1-2H3/t23-,24-/m1/s1. The number of hydrogen-bond acceptors (Lipinski definition) is 3. The predicted octanol–water partition coefficient (Wildman–Crippen LogP) is 4.80. The predicted molar refractivity (Wildman–Crippen MR) is 115 cm³/mol. The highest BCUT2D eigenvalue weighted by atomic mass is 32.2. The molecule has 4 nitrogen and oxygen atoms in total. The van der Waals surface area contributed by atoms with Crippen LogP contribution in [0.2, 0.25) is 0 Å². The Hall–Kier alpha value is -2.89. The molecule has 5 heteroatoms. The van der Waals surface area contributed by atoms with Gasteiger partial charge in [-0.2, -0.15) is 4.72 Å². The lowest BCUT2D eigenvalue weighted by atomic mass is 9.91. The van der Waals surface area contributed by atoms with Gasteiger partial charge in [-0.15, -0.1) is 0 Å². The van der Waals surface area contributed by atoms with E-state index in [0.29, 0.717) is 5.75 Å². The van der Waals surface area contributed by atoms with Crippen molar-refractivity contribution in [1.82, 2.24) is 4.72 Å². The molecular weight excluding hydrogens is 382 g/mol. The minimum atomic E-state index is -3.72. The van der Waals surface area contributed by atoms with Crippen LogP contribution in [0.15, 0.2) is 83.8 Å². The maximum Gasteiger partial charge on any atom is 0.241 e. The normalized spacial score (nSPS) is 18.3. The lowest BCUT2D eigenvalue weighted by Gasteiger charge is -2.31. The van der Waals surface area contributed by atoms with E-state index in [0.717, 1.165) is 22.3 Å². The number of fused-ring (bicyclic) bond motifs is 1. The minimum Gasteiger partial charge on any atom is -0.484 e. The Morgan fingerprint density at radius 3 is 2.38 bits per heavy atom. The van der Waals surface area contributed by atoms with Crippen LogP contribution >= 0.6 is 0 Å². The molecule has 1 N–H and O–H groups in total. The minimum absolute atomic E-state index is 0.240. The van der Waals surface area contributed by atoms with Gasteiger partial charge in [0.15, 0.2) is 0 Å². The van der Waals surface area contributed by atoms with Gasteiger partial charge in [-0.25, -0.2) is 8.42 Å². The highest BCUT2D eigenvalue weighted by Crippen LogP contribution is 2.32. The van der Waals surface area contributed by atoms with Crippen molar-refractivity contribution in [2.45, 2.75) is 30.9 Å². The van der Waals surface area contributed by atoms with Crippen LogP contribution in [0.25, 0.3) is 6.08 Å². The summed E-state index contributed by atoms with van der Waals surface area (Å²) in [5.74, 6) is 0.707. The van der Waals surface area contributed by atoms with Crippen LogP contribution in [0.5, 0.6) is 5.75 Å². The number of aryl methyl sites for hydroxylation is 2. The molecule has 0 spiro atoms. The molecule has 1 aliphatic rings. The van der Waals surface area contributed by atoms with Crippen LogP contribution in [0.4, 0.5) is 0 Å². The van der Waals surface area contributed by atoms with E-state index in [9.17, 15) is 8.42 Å². The Morgan fingerprint density at radius 2 is 1.62 bits per heavy atom. The first-order valence-electron chi connectivity index (χ1n) is 9.52. The van der Waals surface area contributed by atoms with Crippen molar-refractivity contribution < 1.29 is 13.2 Å². The van der Waals surface area contributed by atoms with E-state index in [1.807, 2.05) is 74.5 Å². The summed E-state index contributed by atoms with van der Waals surface area (Å²) in [7, 11) is -3.72. The smallest absolute Gasteiger partial charge is 0.241 e. The summed E-state index contributed by atoms with van der Waals surface area (Å²) >= 11 is 0. The Balaban J connectivity index is 1.69. The third-order valence-corrected chi connectivity index (χ3v) is 6.46. The molecule has 148 valence electrons. The number of benzene rings is 3. The van der Waals surface area contributed by atoms with Crippen molar-refractivity contribution in [3.05, 3.63) is 101 Å². The molecule has 0 aliphatic heterocycles. The van der Waals surface area contributed by atoms with E-state index in [1.165, 1.54) is 0 Å². The van der Waals surface area contributed by atoms with Gasteiger partial charge >= 0.3 is 0 Å². The number of nitrogens with one attached hydrogen (secondary N) is 1. The first-order chi connectivity index (χ1) is 13.9. The summed E-state index contributed by atoms with van der Waals surface area (Å²) in [5, 5.41) is 0. The molecule has 3 aromatic rings. The van der Waals surface area contributed by atoms with Crippen LogP contribution < -0.4 is 9.46 Å². The van der Waals surface area contributed by atoms with Crippen molar-refractivity contribution in [2.75, 3.05) is 0 Å². The fraction of sp³-hybridized carbons (Fsp3) is 0.167. The maximum absolute atomic E-state index is 13.1. The number of ether oxygens (including phenoxy) is 1. The van der Waals surface area contributed by atoms with E-state index < -0.39 is 22.2 Å². The van der Waals surface area contributed by atoms with E-state index in [4.69, 9.17) is 4.74 Å². The zero-order valence-electron chi connectivity index (χ0n) is 16.4. The summed E-state index contributed by atoms with van der Waals surface area (Å²) < 4.78 is 35.2. The van der Waals surface area contributed by atoms with E-state index >= 15 is 0 Å². The summed E-state index contributed by atoms with van der Waals surface area (Å²) in [6.45, 7) is 3.92. The van der Waals surface area contributed by atoms with Gasteiger partial charge in [0.2, 0.25) is 10.0 Å². The van der Waals surface area contributed by atoms with Crippen molar-refractivity contribution in [3.8, 4) is 5.75 Å². The Kier molecular flexibility index (Phi) is 5.26. The molecule has 4 rings (SSSR count). The molecule has 0 unspecified atom stereocenters. The molecule has 0 heterocycles. The topological polar surface area (TPSA) is 55.4 Å². The Morgan fingerprint density at radius 1 is 0.862 bits per heavy atom. The molecule has 29 heavy (non-hydrogen) atoms. The van der Waals surface area contributed by atoms with Gasteiger partial charge in [0, 0.05) is 0 Å².